The highest BCUT2D eigenvalue weighted by Gasteiger charge is 2.40. The van der Waals surface area contributed by atoms with Crippen molar-refractivity contribution in [3.8, 4) is 11.5 Å². The molecule has 1 aromatic rings. The molecule has 0 unspecified atom stereocenters. The van der Waals surface area contributed by atoms with Crippen LogP contribution in [0.1, 0.15) is 19.3 Å². The van der Waals surface area contributed by atoms with Crippen molar-refractivity contribution >= 4 is 17.6 Å². The first-order chi connectivity index (χ1) is 17.0. The fraction of sp³-hybridized carbons (Fsp3) is 0.667. The number of anilines is 1. The van der Waals surface area contributed by atoms with Gasteiger partial charge in [-0.05, 0) is 32.0 Å². The maximum absolute atomic E-state index is 13.3. The van der Waals surface area contributed by atoms with E-state index in [-0.39, 0.29) is 56.7 Å². The Morgan fingerprint density at radius 2 is 1.89 bits per heavy atom. The number of hydrogen-bond donors (Lipinski definition) is 2. The quantitative estimate of drug-likeness (QED) is 0.638. The summed E-state index contributed by atoms with van der Waals surface area (Å²) < 4.78 is 22.7. The fourth-order valence-corrected chi connectivity index (χ4v) is 5.12. The summed E-state index contributed by atoms with van der Waals surface area (Å²) in [6.45, 7) is 3.90. The van der Waals surface area contributed by atoms with Crippen LogP contribution in [0.2, 0.25) is 0 Å². The van der Waals surface area contributed by atoms with E-state index >= 15 is 0 Å². The summed E-state index contributed by atoms with van der Waals surface area (Å²) in [7, 11) is 2.06. The van der Waals surface area contributed by atoms with Gasteiger partial charge in [0.2, 0.25) is 12.7 Å². The van der Waals surface area contributed by atoms with Gasteiger partial charge in [-0.2, -0.15) is 0 Å². The summed E-state index contributed by atoms with van der Waals surface area (Å²) in [5.74, 6) is 1.33. The summed E-state index contributed by atoms with van der Waals surface area (Å²) >= 11 is 0. The molecule has 3 amide bonds. The Hall–Kier alpha value is -2.60. The maximum atomic E-state index is 13.3. The maximum Gasteiger partial charge on any atom is 0.322 e. The number of urea groups is 1. The number of carbonyl (C=O) groups excluding carboxylic acids is 2. The third-order valence-corrected chi connectivity index (χ3v) is 7.12. The first kappa shape index (κ1) is 24.1. The number of amides is 3. The number of hydrogen-bond acceptors (Lipinski definition) is 8. The number of piperazine rings is 1. The average Bonchev–Trinajstić information content (AvgIpc) is 3.30. The highest BCUT2D eigenvalue weighted by atomic mass is 16.7. The lowest BCUT2D eigenvalue weighted by Crippen LogP contribution is -2.58. The first-order valence-corrected chi connectivity index (χ1v) is 12.3. The fourth-order valence-electron chi connectivity index (χ4n) is 5.12. The van der Waals surface area contributed by atoms with Crippen LogP contribution in [0.3, 0.4) is 0 Å². The van der Waals surface area contributed by atoms with Crippen molar-refractivity contribution in [1.29, 1.82) is 0 Å². The van der Waals surface area contributed by atoms with Gasteiger partial charge >= 0.3 is 6.03 Å². The predicted molar refractivity (Wildman–Crippen MR) is 125 cm³/mol. The monoisotopic (exact) mass is 490 g/mol. The Morgan fingerprint density at radius 1 is 1.09 bits per heavy atom. The largest absolute Gasteiger partial charge is 0.454 e. The summed E-state index contributed by atoms with van der Waals surface area (Å²) in [4.78, 5) is 31.9. The van der Waals surface area contributed by atoms with Crippen LogP contribution in [0.25, 0.3) is 0 Å². The molecule has 0 aliphatic carbocycles. The zero-order valence-electron chi connectivity index (χ0n) is 20.1. The van der Waals surface area contributed by atoms with Crippen LogP contribution in [-0.4, -0.2) is 116 Å². The van der Waals surface area contributed by atoms with Crippen LogP contribution >= 0.6 is 0 Å². The molecule has 0 bridgehead atoms. The molecule has 4 aliphatic rings. The molecule has 35 heavy (non-hydrogen) atoms. The van der Waals surface area contributed by atoms with E-state index in [1.54, 1.807) is 23.1 Å². The predicted octanol–water partition coefficient (Wildman–Crippen LogP) is 0.721. The Kier molecular flexibility index (Phi) is 7.28. The molecule has 5 rings (SSSR count). The molecule has 2 N–H and O–H groups in total. The molecule has 0 saturated carbocycles. The minimum absolute atomic E-state index is 0.112. The number of aliphatic hydroxyl groups excluding tert-OH is 1. The summed E-state index contributed by atoms with van der Waals surface area (Å²) in [5, 5.41) is 13.3. The average molecular weight is 491 g/mol. The standard InChI is InChI=1S/C24H34N4O7/c1-26-6-8-27(9-7-26)23(30)11-18-3-4-19-22(35-18)14-32-13-17(29)12-28(19)24(31)25-16-2-5-20-21(10-16)34-15-33-20/h2,5,10,17-19,22,29H,3-4,6-9,11-15H2,1H3,(H,25,31)/t17-,18+,19+,22-/m0/s1. The summed E-state index contributed by atoms with van der Waals surface area (Å²) in [6.07, 6.45) is 0.272. The number of fused-ring (bicyclic) bond motifs is 2. The van der Waals surface area contributed by atoms with Gasteiger partial charge in [-0.1, -0.05) is 0 Å². The minimum Gasteiger partial charge on any atom is -0.454 e. The van der Waals surface area contributed by atoms with E-state index in [2.05, 4.69) is 17.3 Å². The zero-order chi connectivity index (χ0) is 24.4. The van der Waals surface area contributed by atoms with E-state index in [0.29, 0.717) is 36.4 Å². The number of nitrogens with zero attached hydrogens (tertiary/aromatic N) is 3. The highest BCUT2D eigenvalue weighted by molar-refractivity contribution is 5.90. The third-order valence-electron chi connectivity index (χ3n) is 7.12. The lowest BCUT2D eigenvalue weighted by Gasteiger charge is -2.44. The number of ether oxygens (including phenoxy) is 4. The van der Waals surface area contributed by atoms with Gasteiger partial charge in [0.15, 0.2) is 11.5 Å². The van der Waals surface area contributed by atoms with Crippen molar-refractivity contribution in [3.63, 3.8) is 0 Å². The molecule has 0 aromatic heterocycles. The molecule has 11 heteroatoms. The number of aliphatic hydroxyl groups is 1. The molecule has 4 aliphatic heterocycles. The number of likely N-dealkylation sites (N-methyl/N-ethyl adjacent to an activating group) is 1. The molecule has 192 valence electrons. The minimum atomic E-state index is -0.796. The number of benzene rings is 1. The lowest BCUT2D eigenvalue weighted by atomic mass is 9.94. The summed E-state index contributed by atoms with van der Waals surface area (Å²) in [5.41, 5.74) is 0.580. The van der Waals surface area contributed by atoms with Gasteiger partial charge in [0.05, 0.1) is 44.4 Å². The second-order valence-corrected chi connectivity index (χ2v) is 9.67. The number of carbonyl (C=O) groups is 2. The zero-order valence-corrected chi connectivity index (χ0v) is 20.1. The molecule has 3 fully saturated rings. The van der Waals surface area contributed by atoms with Crippen molar-refractivity contribution in [1.82, 2.24) is 14.7 Å². The van der Waals surface area contributed by atoms with Gasteiger partial charge in [-0.15, -0.1) is 0 Å². The normalized spacial score (nSPS) is 29.2. The first-order valence-electron chi connectivity index (χ1n) is 12.3. The smallest absolute Gasteiger partial charge is 0.322 e. The van der Waals surface area contributed by atoms with E-state index in [0.717, 1.165) is 26.2 Å². The third kappa shape index (κ3) is 5.64. The topological polar surface area (TPSA) is 113 Å². The number of rotatable bonds is 3. The Bertz CT molecular complexity index is 923. The van der Waals surface area contributed by atoms with E-state index in [1.165, 1.54) is 0 Å². The van der Waals surface area contributed by atoms with E-state index in [9.17, 15) is 14.7 Å². The Labute approximate surface area is 204 Å². The van der Waals surface area contributed by atoms with Crippen LogP contribution < -0.4 is 14.8 Å². The second kappa shape index (κ2) is 10.6. The van der Waals surface area contributed by atoms with Crippen LogP contribution in [-0.2, 0) is 14.3 Å². The molecule has 1 aromatic carbocycles. The van der Waals surface area contributed by atoms with E-state index in [1.807, 2.05) is 4.90 Å². The number of nitrogens with one attached hydrogen (secondary N) is 1. The molecule has 0 spiro atoms. The van der Waals surface area contributed by atoms with Crippen LogP contribution in [0, 0.1) is 0 Å². The van der Waals surface area contributed by atoms with Gasteiger partial charge in [0.25, 0.3) is 0 Å². The number of β-amino-alcohol motifs (C(OH)–C–C–N with tert-alkyl or cyclic N) is 1. The van der Waals surface area contributed by atoms with Crippen LogP contribution in [0.5, 0.6) is 11.5 Å². The van der Waals surface area contributed by atoms with E-state index < -0.39 is 6.10 Å². The SMILES string of the molecule is CN1CCN(C(=O)C[C@H]2CC[C@@H]3[C@H](COC[C@@H](O)CN3C(=O)Nc3ccc4c(c3)OCO4)O2)CC1. The molecule has 11 nitrogen and oxygen atoms in total. The van der Waals surface area contributed by atoms with Crippen molar-refractivity contribution in [2.45, 2.75) is 43.6 Å². The van der Waals surface area contributed by atoms with Gasteiger partial charge < -0.3 is 44.1 Å². The Balaban J connectivity index is 1.23. The van der Waals surface area contributed by atoms with Crippen molar-refractivity contribution in [2.75, 3.05) is 65.1 Å². The van der Waals surface area contributed by atoms with Crippen molar-refractivity contribution in [3.05, 3.63) is 18.2 Å². The molecule has 4 atom stereocenters. The lowest BCUT2D eigenvalue weighted by molar-refractivity contribution is -0.155. The van der Waals surface area contributed by atoms with Crippen LogP contribution in [0.4, 0.5) is 10.5 Å². The van der Waals surface area contributed by atoms with Gasteiger partial charge in [0.1, 0.15) is 6.10 Å². The molecular weight excluding hydrogens is 456 g/mol. The molecular formula is C24H34N4O7. The van der Waals surface area contributed by atoms with E-state index in [4.69, 9.17) is 18.9 Å². The molecule has 0 radical (unpaired) electrons. The van der Waals surface area contributed by atoms with Crippen LogP contribution in [0.15, 0.2) is 18.2 Å². The molecule has 4 heterocycles. The highest BCUT2D eigenvalue weighted by Crippen LogP contribution is 2.35. The Morgan fingerprint density at radius 3 is 2.71 bits per heavy atom. The van der Waals surface area contributed by atoms with Gasteiger partial charge in [-0.3, -0.25) is 4.79 Å². The summed E-state index contributed by atoms with van der Waals surface area (Å²) in [6, 6.07) is 4.63. The van der Waals surface area contributed by atoms with Gasteiger partial charge in [-0.25, -0.2) is 4.79 Å². The van der Waals surface area contributed by atoms with Crippen molar-refractivity contribution < 1.29 is 33.6 Å². The van der Waals surface area contributed by atoms with Crippen molar-refractivity contribution in [2.24, 2.45) is 0 Å². The molecule has 3 saturated heterocycles. The van der Waals surface area contributed by atoms with Gasteiger partial charge in [0, 0.05) is 37.9 Å². The second-order valence-electron chi connectivity index (χ2n) is 9.67.